The van der Waals surface area contributed by atoms with Crippen molar-refractivity contribution in [3.8, 4) is 0 Å². The van der Waals surface area contributed by atoms with E-state index in [4.69, 9.17) is 5.73 Å². The van der Waals surface area contributed by atoms with Gasteiger partial charge in [0.15, 0.2) is 0 Å². The molecule has 17 heavy (non-hydrogen) atoms. The molecule has 0 aliphatic heterocycles. The third-order valence-corrected chi connectivity index (χ3v) is 3.16. The summed E-state index contributed by atoms with van der Waals surface area (Å²) < 4.78 is 0. The minimum atomic E-state index is -0.154. The number of nitrogen functional groups attached to an aromatic ring is 1. The van der Waals surface area contributed by atoms with Crippen LogP contribution in [0.15, 0.2) is 36.4 Å². The van der Waals surface area contributed by atoms with Crippen LogP contribution in [0.2, 0.25) is 0 Å². The number of carbonyl (C=O) groups is 1. The highest BCUT2D eigenvalue weighted by molar-refractivity contribution is 5.83. The summed E-state index contributed by atoms with van der Waals surface area (Å²) >= 11 is 0. The zero-order valence-corrected chi connectivity index (χ0v) is 10.0. The second-order valence-electron chi connectivity index (χ2n) is 4.54. The molecule has 3 N–H and O–H groups in total. The van der Waals surface area contributed by atoms with Crippen molar-refractivity contribution in [2.24, 2.45) is 0 Å². The quantitative estimate of drug-likeness (QED) is 0.618. The molecule has 3 nitrogen and oxygen atoms in total. The lowest BCUT2D eigenvalue weighted by Crippen LogP contribution is -2.35. The molecule has 1 aromatic rings. The van der Waals surface area contributed by atoms with Crippen molar-refractivity contribution in [2.75, 3.05) is 5.73 Å². The Bertz CT molecular complexity index is 432. The van der Waals surface area contributed by atoms with Gasteiger partial charge in [-0.15, -0.1) is 0 Å². The summed E-state index contributed by atoms with van der Waals surface area (Å²) in [4.78, 5) is 12.0. The van der Waals surface area contributed by atoms with Gasteiger partial charge in [0.05, 0.1) is 5.92 Å². The molecule has 0 saturated heterocycles. The van der Waals surface area contributed by atoms with Crippen LogP contribution in [-0.2, 0) is 4.79 Å². The Hall–Kier alpha value is -1.77. The molecule has 1 aliphatic carbocycles. The Labute approximate surface area is 102 Å². The summed E-state index contributed by atoms with van der Waals surface area (Å²) in [7, 11) is 0. The maximum absolute atomic E-state index is 12.0. The van der Waals surface area contributed by atoms with E-state index in [2.05, 4.69) is 17.5 Å². The van der Waals surface area contributed by atoms with Gasteiger partial charge in [-0.2, -0.15) is 0 Å². The van der Waals surface area contributed by atoms with Gasteiger partial charge in [-0.25, -0.2) is 0 Å². The molecule has 3 heteroatoms. The molecular formula is C14H18N2O. The first kappa shape index (κ1) is 11.7. The summed E-state index contributed by atoms with van der Waals surface area (Å²) in [6.07, 6.45) is 6.09. The van der Waals surface area contributed by atoms with Gasteiger partial charge in [0.25, 0.3) is 0 Å². The molecule has 0 radical (unpaired) electrons. The summed E-state index contributed by atoms with van der Waals surface area (Å²) in [6, 6.07) is 7.77. The van der Waals surface area contributed by atoms with Gasteiger partial charge in [0, 0.05) is 11.7 Å². The van der Waals surface area contributed by atoms with Crippen LogP contribution in [0, 0.1) is 0 Å². The Kier molecular flexibility index (Phi) is 3.47. The van der Waals surface area contributed by atoms with Crippen LogP contribution in [0.25, 0.3) is 0 Å². The normalized spacial score (nSPS) is 17.0. The van der Waals surface area contributed by atoms with Gasteiger partial charge in [-0.05, 0) is 37.5 Å². The summed E-state index contributed by atoms with van der Waals surface area (Å²) in [5.74, 6) is -0.0802. The number of nitrogens with two attached hydrogens (primary N) is 1. The smallest absolute Gasteiger partial charge is 0.227 e. The van der Waals surface area contributed by atoms with Crippen LogP contribution in [0.1, 0.15) is 31.2 Å². The number of carbonyl (C=O) groups excluding carboxylic acids is 1. The largest absolute Gasteiger partial charge is 0.399 e. The minimum Gasteiger partial charge on any atom is -0.399 e. The summed E-state index contributed by atoms with van der Waals surface area (Å²) in [6.45, 7) is 1.91. The SMILES string of the molecule is CC(C(=O)NC1CC=CC1)c1cccc(N)c1. The first-order valence-electron chi connectivity index (χ1n) is 5.97. The number of hydrogen-bond acceptors (Lipinski definition) is 2. The van der Waals surface area contributed by atoms with Crippen molar-refractivity contribution in [3.05, 3.63) is 42.0 Å². The lowest BCUT2D eigenvalue weighted by molar-refractivity contribution is -0.122. The van der Waals surface area contributed by atoms with E-state index in [0.717, 1.165) is 18.4 Å². The topological polar surface area (TPSA) is 55.1 Å². The zero-order chi connectivity index (χ0) is 12.3. The third-order valence-electron chi connectivity index (χ3n) is 3.16. The molecule has 0 aromatic heterocycles. The van der Waals surface area contributed by atoms with Crippen LogP contribution in [0.4, 0.5) is 5.69 Å². The number of benzene rings is 1. The molecule has 2 rings (SSSR count). The van der Waals surface area contributed by atoms with E-state index in [-0.39, 0.29) is 17.9 Å². The van der Waals surface area contributed by atoms with E-state index in [1.165, 1.54) is 0 Å². The molecule has 0 spiro atoms. The molecule has 1 aliphatic rings. The van der Waals surface area contributed by atoms with Crippen LogP contribution in [0.5, 0.6) is 0 Å². The van der Waals surface area contributed by atoms with Gasteiger partial charge in [0.2, 0.25) is 5.91 Å². The number of nitrogens with one attached hydrogen (secondary N) is 1. The standard InChI is InChI=1S/C14H18N2O/c1-10(11-5-4-6-12(15)9-11)14(17)16-13-7-2-3-8-13/h2-6,9-10,13H,7-8,15H2,1H3,(H,16,17). The Morgan fingerprint density at radius 2 is 2.12 bits per heavy atom. The summed E-state index contributed by atoms with van der Waals surface area (Å²) in [5, 5.41) is 3.05. The van der Waals surface area contributed by atoms with Crippen molar-refractivity contribution in [2.45, 2.75) is 31.7 Å². The number of amides is 1. The maximum atomic E-state index is 12.0. The molecule has 1 atom stereocenters. The third kappa shape index (κ3) is 2.87. The fourth-order valence-corrected chi connectivity index (χ4v) is 2.04. The Balaban J connectivity index is 1.99. The van der Waals surface area contributed by atoms with E-state index in [9.17, 15) is 4.79 Å². The van der Waals surface area contributed by atoms with E-state index in [1.54, 1.807) is 0 Å². The monoisotopic (exact) mass is 230 g/mol. The number of rotatable bonds is 3. The van der Waals surface area contributed by atoms with E-state index >= 15 is 0 Å². The fraction of sp³-hybridized carbons (Fsp3) is 0.357. The highest BCUT2D eigenvalue weighted by atomic mass is 16.1. The van der Waals surface area contributed by atoms with Crippen LogP contribution in [-0.4, -0.2) is 11.9 Å². The Morgan fingerprint density at radius 3 is 2.76 bits per heavy atom. The molecule has 1 aromatic carbocycles. The van der Waals surface area contributed by atoms with E-state index in [0.29, 0.717) is 5.69 Å². The van der Waals surface area contributed by atoms with Crippen molar-refractivity contribution in [3.63, 3.8) is 0 Å². The lowest BCUT2D eigenvalue weighted by atomic mass is 9.99. The minimum absolute atomic E-state index is 0.0734. The first-order chi connectivity index (χ1) is 8.16. The number of hydrogen-bond donors (Lipinski definition) is 2. The highest BCUT2D eigenvalue weighted by Crippen LogP contribution is 2.19. The van der Waals surface area contributed by atoms with E-state index in [1.807, 2.05) is 31.2 Å². The predicted octanol–water partition coefficient (Wildman–Crippen LogP) is 2.21. The van der Waals surface area contributed by atoms with Crippen molar-refractivity contribution in [1.82, 2.24) is 5.32 Å². The maximum Gasteiger partial charge on any atom is 0.227 e. The highest BCUT2D eigenvalue weighted by Gasteiger charge is 2.19. The van der Waals surface area contributed by atoms with E-state index < -0.39 is 0 Å². The molecule has 90 valence electrons. The molecule has 0 saturated carbocycles. The molecule has 0 heterocycles. The van der Waals surface area contributed by atoms with Gasteiger partial charge >= 0.3 is 0 Å². The second kappa shape index (κ2) is 5.04. The first-order valence-corrected chi connectivity index (χ1v) is 5.97. The van der Waals surface area contributed by atoms with Crippen molar-refractivity contribution >= 4 is 11.6 Å². The molecule has 0 fully saturated rings. The molecular weight excluding hydrogens is 212 g/mol. The predicted molar refractivity (Wildman–Crippen MR) is 69.6 cm³/mol. The van der Waals surface area contributed by atoms with Gasteiger partial charge in [0.1, 0.15) is 0 Å². The average molecular weight is 230 g/mol. The number of anilines is 1. The van der Waals surface area contributed by atoms with Crippen LogP contribution < -0.4 is 11.1 Å². The van der Waals surface area contributed by atoms with Crippen LogP contribution in [0.3, 0.4) is 0 Å². The van der Waals surface area contributed by atoms with Gasteiger partial charge in [-0.3, -0.25) is 4.79 Å². The Morgan fingerprint density at radius 1 is 1.41 bits per heavy atom. The summed E-state index contributed by atoms with van der Waals surface area (Å²) in [5.41, 5.74) is 7.38. The van der Waals surface area contributed by atoms with Crippen LogP contribution >= 0.6 is 0 Å². The lowest BCUT2D eigenvalue weighted by Gasteiger charge is -2.17. The second-order valence-corrected chi connectivity index (χ2v) is 4.54. The zero-order valence-electron chi connectivity index (χ0n) is 10.0. The molecule has 1 unspecified atom stereocenters. The molecule has 0 bridgehead atoms. The van der Waals surface area contributed by atoms with Crippen molar-refractivity contribution < 1.29 is 4.79 Å². The van der Waals surface area contributed by atoms with Gasteiger partial charge < -0.3 is 11.1 Å². The average Bonchev–Trinajstić information content (AvgIpc) is 2.80. The van der Waals surface area contributed by atoms with Gasteiger partial charge in [-0.1, -0.05) is 24.3 Å². The van der Waals surface area contributed by atoms with Crippen molar-refractivity contribution in [1.29, 1.82) is 0 Å². The molecule has 1 amide bonds. The fourth-order valence-electron chi connectivity index (χ4n) is 2.04.